The lowest BCUT2D eigenvalue weighted by Gasteiger charge is -2.30. The minimum Gasteiger partial charge on any atom is -0.459 e. The van der Waals surface area contributed by atoms with Gasteiger partial charge in [-0.1, -0.05) is 24.3 Å². The van der Waals surface area contributed by atoms with Crippen LogP contribution >= 0.6 is 0 Å². The molecule has 1 rings (SSSR count). The van der Waals surface area contributed by atoms with Crippen molar-refractivity contribution in [1.82, 2.24) is 0 Å². The second kappa shape index (κ2) is 7.59. The Morgan fingerprint density at radius 1 is 1.28 bits per heavy atom. The van der Waals surface area contributed by atoms with E-state index >= 15 is 0 Å². The maximum atomic E-state index is 13.1. The van der Waals surface area contributed by atoms with Crippen LogP contribution in [0.3, 0.4) is 0 Å². The quantitative estimate of drug-likeness (QED) is 0.245. The maximum Gasteiger partial charge on any atom is 0.316 e. The molecule has 0 N–H and O–H groups in total. The van der Waals surface area contributed by atoms with Crippen LogP contribution in [-0.4, -0.2) is 22.3 Å². The fraction of sp³-hybridized carbons (Fsp3) is 0.474. The van der Waals surface area contributed by atoms with Gasteiger partial charge in [0.25, 0.3) is 5.69 Å². The summed E-state index contributed by atoms with van der Waals surface area (Å²) in [5.41, 5.74) is -1.86. The molecule has 25 heavy (non-hydrogen) atoms. The molecule has 0 aliphatic heterocycles. The number of ketones is 1. The van der Waals surface area contributed by atoms with Crippen molar-refractivity contribution in [2.75, 3.05) is 0 Å². The van der Waals surface area contributed by atoms with Gasteiger partial charge in [0.2, 0.25) is 0 Å². The zero-order chi connectivity index (χ0) is 19.4. The molecule has 2 unspecified atom stereocenters. The highest BCUT2D eigenvalue weighted by molar-refractivity contribution is 6.04. The fourth-order valence-corrected chi connectivity index (χ4v) is 2.71. The molecule has 6 heteroatoms. The molecule has 1 aromatic rings. The number of carbonyl (C=O) groups excluding carboxylic acids is 2. The SMILES string of the molecule is C=CCC(C)(C(=O)C(C)C(=O)OC(C)(C)C)c1ccccc1[N+](=O)[O-]. The van der Waals surface area contributed by atoms with Crippen molar-refractivity contribution in [3.8, 4) is 0 Å². The monoisotopic (exact) mass is 347 g/mol. The van der Waals surface area contributed by atoms with E-state index in [9.17, 15) is 19.7 Å². The molecule has 2 atom stereocenters. The first-order valence-corrected chi connectivity index (χ1v) is 8.06. The molecule has 0 heterocycles. The number of hydrogen-bond donors (Lipinski definition) is 0. The number of nitrogens with zero attached hydrogens (tertiary/aromatic N) is 1. The van der Waals surface area contributed by atoms with Crippen LogP contribution in [0.15, 0.2) is 36.9 Å². The predicted octanol–water partition coefficient (Wildman–Crippen LogP) is 3.98. The Balaban J connectivity index is 3.34. The van der Waals surface area contributed by atoms with E-state index in [2.05, 4.69) is 6.58 Å². The van der Waals surface area contributed by atoms with Crippen molar-refractivity contribution in [2.24, 2.45) is 5.92 Å². The molecule has 0 amide bonds. The lowest BCUT2D eigenvalue weighted by Crippen LogP contribution is -2.41. The summed E-state index contributed by atoms with van der Waals surface area (Å²) in [6.45, 7) is 11.9. The van der Waals surface area contributed by atoms with Gasteiger partial charge >= 0.3 is 5.97 Å². The molecule has 0 aliphatic rings. The van der Waals surface area contributed by atoms with Crippen molar-refractivity contribution in [3.63, 3.8) is 0 Å². The van der Waals surface area contributed by atoms with E-state index < -0.39 is 33.6 Å². The van der Waals surface area contributed by atoms with Gasteiger partial charge in [-0.2, -0.15) is 0 Å². The third-order valence-electron chi connectivity index (χ3n) is 3.95. The number of allylic oxidation sites excluding steroid dienone is 1. The van der Waals surface area contributed by atoms with E-state index in [1.807, 2.05) is 0 Å². The number of esters is 1. The number of ether oxygens (including phenoxy) is 1. The first-order chi connectivity index (χ1) is 11.4. The third-order valence-corrected chi connectivity index (χ3v) is 3.95. The average molecular weight is 347 g/mol. The number of nitro groups is 1. The van der Waals surface area contributed by atoms with E-state index in [-0.39, 0.29) is 17.7 Å². The largest absolute Gasteiger partial charge is 0.459 e. The van der Waals surface area contributed by atoms with Crippen molar-refractivity contribution in [3.05, 3.63) is 52.6 Å². The second-order valence-corrected chi connectivity index (χ2v) is 7.22. The molecule has 0 saturated carbocycles. The van der Waals surface area contributed by atoms with E-state index in [0.29, 0.717) is 0 Å². The number of Topliss-reactive ketones (excluding diaryl/α,β-unsaturated/α-hetero) is 1. The molecule has 0 aliphatic carbocycles. The van der Waals surface area contributed by atoms with Gasteiger partial charge in [-0.3, -0.25) is 19.7 Å². The van der Waals surface area contributed by atoms with Gasteiger partial charge in [0.1, 0.15) is 11.5 Å². The topological polar surface area (TPSA) is 86.5 Å². The summed E-state index contributed by atoms with van der Waals surface area (Å²) in [5, 5.41) is 11.4. The van der Waals surface area contributed by atoms with Crippen LogP contribution in [0.25, 0.3) is 0 Å². The summed E-state index contributed by atoms with van der Waals surface area (Å²) in [6, 6.07) is 6.07. The lowest BCUT2D eigenvalue weighted by molar-refractivity contribution is -0.386. The average Bonchev–Trinajstić information content (AvgIpc) is 2.51. The minimum atomic E-state index is -1.25. The summed E-state index contributed by atoms with van der Waals surface area (Å²) < 4.78 is 5.29. The van der Waals surface area contributed by atoms with Crippen molar-refractivity contribution < 1.29 is 19.2 Å². The van der Waals surface area contributed by atoms with Gasteiger partial charge < -0.3 is 4.74 Å². The first kappa shape index (κ1) is 20.5. The van der Waals surface area contributed by atoms with Crippen LogP contribution in [0.5, 0.6) is 0 Å². The number of rotatable bonds is 7. The van der Waals surface area contributed by atoms with Crippen LogP contribution in [0.1, 0.15) is 46.6 Å². The first-order valence-electron chi connectivity index (χ1n) is 8.06. The van der Waals surface area contributed by atoms with Crippen LogP contribution in [0, 0.1) is 16.0 Å². The van der Waals surface area contributed by atoms with Gasteiger partial charge in [-0.05, 0) is 41.0 Å². The zero-order valence-electron chi connectivity index (χ0n) is 15.4. The molecular weight excluding hydrogens is 322 g/mol. The van der Waals surface area contributed by atoms with E-state index in [0.717, 1.165) is 0 Å². The highest BCUT2D eigenvalue weighted by atomic mass is 16.6. The van der Waals surface area contributed by atoms with Crippen molar-refractivity contribution in [1.29, 1.82) is 0 Å². The Morgan fingerprint density at radius 3 is 2.32 bits per heavy atom. The molecule has 0 saturated heterocycles. The molecule has 6 nitrogen and oxygen atoms in total. The Bertz CT molecular complexity index is 689. The molecule has 0 radical (unpaired) electrons. The van der Waals surface area contributed by atoms with Gasteiger partial charge in [-0.15, -0.1) is 6.58 Å². The summed E-state index contributed by atoms with van der Waals surface area (Å²) in [4.78, 5) is 36.2. The highest BCUT2D eigenvalue weighted by Gasteiger charge is 2.43. The fourth-order valence-electron chi connectivity index (χ4n) is 2.71. The smallest absolute Gasteiger partial charge is 0.316 e. The third kappa shape index (κ3) is 4.75. The number of nitro benzene ring substituents is 1. The minimum absolute atomic E-state index is 0.156. The van der Waals surface area contributed by atoms with E-state index in [1.54, 1.807) is 39.8 Å². The zero-order valence-corrected chi connectivity index (χ0v) is 15.4. The van der Waals surface area contributed by atoms with Crippen LogP contribution < -0.4 is 0 Å². The summed E-state index contributed by atoms with van der Waals surface area (Å²) >= 11 is 0. The van der Waals surface area contributed by atoms with Crippen molar-refractivity contribution >= 4 is 17.4 Å². The van der Waals surface area contributed by atoms with Gasteiger partial charge in [-0.25, -0.2) is 0 Å². The lowest BCUT2D eigenvalue weighted by atomic mass is 9.71. The molecule has 0 spiro atoms. The molecular formula is C19H25NO5. The van der Waals surface area contributed by atoms with Gasteiger partial charge in [0.05, 0.1) is 10.3 Å². The predicted molar refractivity (Wildman–Crippen MR) is 95.3 cm³/mol. The Kier molecular flexibility index (Phi) is 6.24. The summed E-state index contributed by atoms with van der Waals surface area (Å²) in [5.74, 6) is -2.13. The molecule has 1 aromatic carbocycles. The number of benzene rings is 1. The van der Waals surface area contributed by atoms with E-state index in [1.165, 1.54) is 25.1 Å². The van der Waals surface area contributed by atoms with Gasteiger partial charge in [0, 0.05) is 11.6 Å². The maximum absolute atomic E-state index is 13.1. The number of hydrogen-bond acceptors (Lipinski definition) is 5. The van der Waals surface area contributed by atoms with E-state index in [4.69, 9.17) is 4.74 Å². The molecule has 0 fully saturated rings. The normalized spacial score (nSPS) is 14.9. The molecule has 0 aromatic heterocycles. The van der Waals surface area contributed by atoms with Crippen molar-refractivity contribution in [2.45, 2.75) is 52.1 Å². The summed E-state index contributed by atoms with van der Waals surface area (Å²) in [7, 11) is 0. The standard InChI is InChI=1S/C19H25NO5/c1-7-12-19(6,14-10-8-9-11-15(14)20(23)24)16(21)13(2)17(22)25-18(3,4)5/h7-11,13H,1,12H2,2-6H3. The molecule has 0 bridgehead atoms. The van der Waals surface area contributed by atoms with Crippen LogP contribution in [0.2, 0.25) is 0 Å². The highest BCUT2D eigenvalue weighted by Crippen LogP contribution is 2.37. The summed E-state index contributed by atoms with van der Waals surface area (Å²) in [6.07, 6.45) is 1.69. The Hall–Kier alpha value is -2.50. The Labute approximate surface area is 148 Å². The number of para-hydroxylation sites is 1. The van der Waals surface area contributed by atoms with Gasteiger partial charge in [0.15, 0.2) is 5.78 Å². The van der Waals surface area contributed by atoms with Crippen LogP contribution in [0.4, 0.5) is 5.69 Å². The second-order valence-electron chi connectivity index (χ2n) is 7.22. The Morgan fingerprint density at radius 2 is 1.84 bits per heavy atom. The molecule has 136 valence electrons. The number of carbonyl (C=O) groups is 2. The van der Waals surface area contributed by atoms with Crippen LogP contribution in [-0.2, 0) is 19.7 Å².